The van der Waals surface area contributed by atoms with E-state index in [1.807, 2.05) is 20.8 Å². The molecule has 0 aliphatic carbocycles. The lowest BCUT2D eigenvalue weighted by Crippen LogP contribution is -2.12. The standard InChI is InChI=1S/C14H21N5S/c1-6-15-12-9(3)13(19-11(5)18-12)17-10(4)14-16-8(2)7-20-14/h7,10H,6H2,1-5H3,(H2,15,17,18,19). The van der Waals surface area contributed by atoms with Crippen molar-refractivity contribution in [2.24, 2.45) is 0 Å². The van der Waals surface area contributed by atoms with E-state index in [-0.39, 0.29) is 6.04 Å². The molecule has 0 bridgehead atoms. The Labute approximate surface area is 123 Å². The van der Waals surface area contributed by atoms with Crippen molar-refractivity contribution in [1.82, 2.24) is 15.0 Å². The van der Waals surface area contributed by atoms with E-state index < -0.39 is 0 Å². The molecule has 2 heterocycles. The molecule has 20 heavy (non-hydrogen) atoms. The summed E-state index contributed by atoms with van der Waals surface area (Å²) in [7, 11) is 0. The quantitative estimate of drug-likeness (QED) is 0.883. The van der Waals surface area contributed by atoms with Crippen molar-refractivity contribution in [1.29, 1.82) is 0 Å². The number of nitrogens with zero attached hydrogens (tertiary/aromatic N) is 3. The molecule has 6 heteroatoms. The van der Waals surface area contributed by atoms with Crippen molar-refractivity contribution >= 4 is 23.0 Å². The molecule has 0 aliphatic heterocycles. The van der Waals surface area contributed by atoms with Gasteiger partial charge >= 0.3 is 0 Å². The van der Waals surface area contributed by atoms with E-state index in [4.69, 9.17) is 0 Å². The zero-order valence-electron chi connectivity index (χ0n) is 12.6. The van der Waals surface area contributed by atoms with Crippen molar-refractivity contribution < 1.29 is 0 Å². The van der Waals surface area contributed by atoms with E-state index in [9.17, 15) is 0 Å². The van der Waals surface area contributed by atoms with Crippen LogP contribution >= 0.6 is 11.3 Å². The first-order valence-corrected chi connectivity index (χ1v) is 7.67. The second-order valence-corrected chi connectivity index (χ2v) is 5.71. The monoisotopic (exact) mass is 291 g/mol. The maximum atomic E-state index is 4.51. The largest absolute Gasteiger partial charge is 0.370 e. The van der Waals surface area contributed by atoms with Crippen LogP contribution in [0, 0.1) is 20.8 Å². The summed E-state index contributed by atoms with van der Waals surface area (Å²) in [6.07, 6.45) is 0. The molecule has 2 aromatic rings. The van der Waals surface area contributed by atoms with Crippen molar-refractivity contribution in [2.75, 3.05) is 17.2 Å². The molecular formula is C14H21N5S. The van der Waals surface area contributed by atoms with Crippen molar-refractivity contribution in [3.05, 3.63) is 27.5 Å². The van der Waals surface area contributed by atoms with Gasteiger partial charge in [-0.15, -0.1) is 11.3 Å². The second kappa shape index (κ2) is 6.17. The van der Waals surface area contributed by atoms with Gasteiger partial charge in [0.05, 0.1) is 6.04 Å². The zero-order chi connectivity index (χ0) is 14.7. The molecule has 0 saturated carbocycles. The highest BCUT2D eigenvalue weighted by atomic mass is 32.1. The predicted octanol–water partition coefficient (Wildman–Crippen LogP) is 3.46. The first-order chi connectivity index (χ1) is 9.51. The SMILES string of the molecule is CCNc1nc(C)nc(NC(C)c2nc(C)cs2)c1C. The fraction of sp³-hybridized carbons (Fsp3) is 0.500. The minimum absolute atomic E-state index is 0.135. The van der Waals surface area contributed by atoms with E-state index in [0.717, 1.165) is 40.3 Å². The van der Waals surface area contributed by atoms with Gasteiger partial charge in [-0.3, -0.25) is 0 Å². The first-order valence-electron chi connectivity index (χ1n) is 6.79. The smallest absolute Gasteiger partial charge is 0.135 e. The lowest BCUT2D eigenvalue weighted by molar-refractivity contribution is 0.845. The van der Waals surface area contributed by atoms with Gasteiger partial charge in [0.15, 0.2) is 0 Å². The Kier molecular flexibility index (Phi) is 4.54. The number of aryl methyl sites for hydroxylation is 2. The molecule has 1 atom stereocenters. The van der Waals surface area contributed by atoms with Crippen LogP contribution in [0.4, 0.5) is 11.6 Å². The van der Waals surface area contributed by atoms with Gasteiger partial charge in [0, 0.05) is 23.2 Å². The molecule has 0 radical (unpaired) electrons. The summed E-state index contributed by atoms with van der Waals surface area (Å²) in [5.41, 5.74) is 2.10. The Morgan fingerprint density at radius 1 is 1.15 bits per heavy atom. The number of thiazole rings is 1. The zero-order valence-corrected chi connectivity index (χ0v) is 13.4. The van der Waals surface area contributed by atoms with Crippen LogP contribution in [-0.4, -0.2) is 21.5 Å². The molecule has 2 rings (SSSR count). The maximum absolute atomic E-state index is 4.51. The molecule has 0 saturated heterocycles. The number of rotatable bonds is 5. The summed E-state index contributed by atoms with van der Waals surface area (Å²) in [6.45, 7) is 10.9. The Balaban J connectivity index is 2.24. The van der Waals surface area contributed by atoms with Gasteiger partial charge in [0.1, 0.15) is 22.5 Å². The molecule has 1 unspecified atom stereocenters. The van der Waals surface area contributed by atoms with Crippen LogP contribution in [0.2, 0.25) is 0 Å². The van der Waals surface area contributed by atoms with Gasteiger partial charge < -0.3 is 10.6 Å². The Morgan fingerprint density at radius 3 is 2.45 bits per heavy atom. The van der Waals surface area contributed by atoms with Crippen LogP contribution in [0.3, 0.4) is 0 Å². The molecule has 0 spiro atoms. The highest BCUT2D eigenvalue weighted by Gasteiger charge is 2.14. The van der Waals surface area contributed by atoms with Gasteiger partial charge in [0.2, 0.25) is 0 Å². The van der Waals surface area contributed by atoms with Gasteiger partial charge in [-0.1, -0.05) is 0 Å². The number of hydrogen-bond donors (Lipinski definition) is 2. The van der Waals surface area contributed by atoms with Crippen molar-refractivity contribution in [3.8, 4) is 0 Å². The Morgan fingerprint density at radius 2 is 1.85 bits per heavy atom. The van der Waals surface area contributed by atoms with Crippen molar-refractivity contribution in [2.45, 2.75) is 40.7 Å². The van der Waals surface area contributed by atoms with Gasteiger partial charge in [-0.25, -0.2) is 15.0 Å². The maximum Gasteiger partial charge on any atom is 0.135 e. The minimum Gasteiger partial charge on any atom is -0.370 e. The van der Waals surface area contributed by atoms with Crippen molar-refractivity contribution in [3.63, 3.8) is 0 Å². The molecule has 0 fully saturated rings. The topological polar surface area (TPSA) is 62.7 Å². The number of aromatic nitrogens is 3. The lowest BCUT2D eigenvalue weighted by atomic mass is 10.2. The number of hydrogen-bond acceptors (Lipinski definition) is 6. The Hall–Kier alpha value is -1.69. The summed E-state index contributed by atoms with van der Waals surface area (Å²) in [5.74, 6) is 2.52. The minimum atomic E-state index is 0.135. The third kappa shape index (κ3) is 3.25. The average Bonchev–Trinajstić information content (AvgIpc) is 2.82. The average molecular weight is 291 g/mol. The van der Waals surface area contributed by atoms with Crippen LogP contribution in [0.5, 0.6) is 0 Å². The predicted molar refractivity (Wildman–Crippen MR) is 84.6 cm³/mol. The van der Waals surface area contributed by atoms with E-state index in [1.165, 1.54) is 0 Å². The van der Waals surface area contributed by atoms with Crippen LogP contribution in [0.25, 0.3) is 0 Å². The highest BCUT2D eigenvalue weighted by Crippen LogP contribution is 2.25. The summed E-state index contributed by atoms with van der Waals surface area (Å²) in [4.78, 5) is 13.4. The number of anilines is 2. The Bertz CT molecular complexity index is 593. The van der Waals surface area contributed by atoms with Crippen LogP contribution < -0.4 is 10.6 Å². The molecule has 2 N–H and O–H groups in total. The summed E-state index contributed by atoms with van der Waals surface area (Å²) in [5, 5.41) is 9.84. The fourth-order valence-electron chi connectivity index (χ4n) is 1.95. The fourth-order valence-corrected chi connectivity index (χ4v) is 2.75. The summed E-state index contributed by atoms with van der Waals surface area (Å²) in [6, 6.07) is 0.135. The van der Waals surface area contributed by atoms with E-state index in [1.54, 1.807) is 11.3 Å². The molecule has 0 amide bonds. The van der Waals surface area contributed by atoms with Crippen LogP contribution in [-0.2, 0) is 0 Å². The number of nitrogens with one attached hydrogen (secondary N) is 2. The third-order valence-corrected chi connectivity index (χ3v) is 4.11. The highest BCUT2D eigenvalue weighted by molar-refractivity contribution is 7.09. The first kappa shape index (κ1) is 14.7. The van der Waals surface area contributed by atoms with E-state index >= 15 is 0 Å². The molecule has 0 aromatic carbocycles. The van der Waals surface area contributed by atoms with Gasteiger partial charge in [-0.05, 0) is 34.6 Å². The summed E-state index contributed by atoms with van der Waals surface area (Å²) >= 11 is 1.67. The normalized spacial score (nSPS) is 12.2. The van der Waals surface area contributed by atoms with Gasteiger partial charge in [0.25, 0.3) is 0 Å². The van der Waals surface area contributed by atoms with Crippen LogP contribution in [0.15, 0.2) is 5.38 Å². The lowest BCUT2D eigenvalue weighted by Gasteiger charge is -2.16. The van der Waals surface area contributed by atoms with E-state index in [0.29, 0.717) is 0 Å². The molecule has 2 aromatic heterocycles. The van der Waals surface area contributed by atoms with Crippen LogP contribution in [0.1, 0.15) is 42.0 Å². The molecule has 5 nitrogen and oxygen atoms in total. The van der Waals surface area contributed by atoms with Gasteiger partial charge in [-0.2, -0.15) is 0 Å². The van der Waals surface area contributed by atoms with E-state index in [2.05, 4.69) is 44.8 Å². The molecule has 0 aliphatic rings. The molecular weight excluding hydrogens is 270 g/mol. The summed E-state index contributed by atoms with van der Waals surface area (Å²) < 4.78 is 0. The second-order valence-electron chi connectivity index (χ2n) is 4.82. The third-order valence-electron chi connectivity index (χ3n) is 2.96. The molecule has 108 valence electrons.